The Morgan fingerprint density at radius 2 is 1.77 bits per heavy atom. The second-order valence-electron chi connectivity index (χ2n) is 7.54. The number of aryl methyl sites for hydroxylation is 1. The third kappa shape index (κ3) is 3.96. The number of benzene rings is 2. The fraction of sp³-hybridized carbons (Fsp3) is 0.208. The van der Waals surface area contributed by atoms with Crippen LogP contribution in [0.15, 0.2) is 70.7 Å². The maximum Gasteiger partial charge on any atom is 0.254 e. The molecule has 0 spiro atoms. The highest BCUT2D eigenvalue weighted by Gasteiger charge is 2.26. The molecule has 0 aliphatic carbocycles. The SMILES string of the molecule is Cc1ccc(-c2cnc(-c3ccccc3C(=O)N3CCN(c4nccs4)CC3)o2)cc1. The molecule has 1 fully saturated rings. The molecule has 0 atom stereocenters. The molecule has 0 unspecified atom stereocenters. The van der Waals surface area contributed by atoms with Gasteiger partial charge in [-0.05, 0) is 19.1 Å². The number of carbonyl (C=O) groups excluding carboxylic acids is 1. The zero-order valence-electron chi connectivity index (χ0n) is 17.2. The number of carbonyl (C=O) groups is 1. The Kier molecular flexibility index (Phi) is 5.26. The van der Waals surface area contributed by atoms with E-state index in [1.165, 1.54) is 5.56 Å². The fourth-order valence-corrected chi connectivity index (χ4v) is 4.45. The third-order valence-corrected chi connectivity index (χ3v) is 6.32. The van der Waals surface area contributed by atoms with Gasteiger partial charge in [0.2, 0.25) is 5.89 Å². The van der Waals surface area contributed by atoms with Crippen LogP contribution in [-0.2, 0) is 0 Å². The molecule has 0 saturated carbocycles. The molecule has 6 nitrogen and oxygen atoms in total. The van der Waals surface area contributed by atoms with Crippen LogP contribution in [0.1, 0.15) is 15.9 Å². The summed E-state index contributed by atoms with van der Waals surface area (Å²) in [7, 11) is 0. The Morgan fingerprint density at radius 3 is 2.52 bits per heavy atom. The first-order chi connectivity index (χ1) is 15.2. The average Bonchev–Trinajstić information content (AvgIpc) is 3.52. The van der Waals surface area contributed by atoms with Crippen molar-refractivity contribution in [3.63, 3.8) is 0 Å². The molecular weight excluding hydrogens is 408 g/mol. The van der Waals surface area contributed by atoms with Crippen LogP contribution in [0, 0.1) is 6.92 Å². The van der Waals surface area contributed by atoms with Crippen molar-refractivity contribution in [1.29, 1.82) is 0 Å². The summed E-state index contributed by atoms with van der Waals surface area (Å²) < 4.78 is 6.04. The molecule has 3 heterocycles. The quantitative estimate of drug-likeness (QED) is 0.468. The highest BCUT2D eigenvalue weighted by Crippen LogP contribution is 2.29. The Balaban J connectivity index is 1.36. The van der Waals surface area contributed by atoms with E-state index in [4.69, 9.17) is 4.42 Å². The van der Waals surface area contributed by atoms with E-state index in [-0.39, 0.29) is 5.91 Å². The summed E-state index contributed by atoms with van der Waals surface area (Å²) >= 11 is 1.63. The van der Waals surface area contributed by atoms with Crippen molar-refractivity contribution in [1.82, 2.24) is 14.9 Å². The summed E-state index contributed by atoms with van der Waals surface area (Å²) in [6.07, 6.45) is 3.53. The topological polar surface area (TPSA) is 62.5 Å². The minimum atomic E-state index is 0.00414. The van der Waals surface area contributed by atoms with Crippen LogP contribution in [-0.4, -0.2) is 47.0 Å². The van der Waals surface area contributed by atoms with Gasteiger partial charge in [0.1, 0.15) is 0 Å². The number of nitrogens with zero attached hydrogens (tertiary/aromatic N) is 4. The number of hydrogen-bond acceptors (Lipinski definition) is 6. The summed E-state index contributed by atoms with van der Waals surface area (Å²) in [6.45, 7) is 4.92. The second-order valence-corrected chi connectivity index (χ2v) is 8.41. The van der Waals surface area contributed by atoms with Gasteiger partial charge in [-0.25, -0.2) is 9.97 Å². The molecule has 0 radical (unpaired) electrons. The number of hydrogen-bond donors (Lipinski definition) is 0. The van der Waals surface area contributed by atoms with E-state index in [0.717, 1.165) is 23.8 Å². The maximum absolute atomic E-state index is 13.3. The Hall–Kier alpha value is -3.45. The van der Waals surface area contributed by atoms with Crippen LogP contribution in [0.25, 0.3) is 22.8 Å². The molecule has 1 aliphatic rings. The van der Waals surface area contributed by atoms with Crippen LogP contribution in [0.4, 0.5) is 5.13 Å². The van der Waals surface area contributed by atoms with E-state index in [0.29, 0.717) is 35.9 Å². The number of amides is 1. The Morgan fingerprint density at radius 1 is 1.00 bits per heavy atom. The van der Waals surface area contributed by atoms with Crippen LogP contribution < -0.4 is 4.90 Å². The average molecular weight is 431 g/mol. The lowest BCUT2D eigenvalue weighted by atomic mass is 10.1. The van der Waals surface area contributed by atoms with E-state index >= 15 is 0 Å². The number of thiazole rings is 1. The number of oxazole rings is 1. The van der Waals surface area contributed by atoms with Gasteiger partial charge in [-0.3, -0.25) is 4.79 Å². The highest BCUT2D eigenvalue weighted by molar-refractivity contribution is 7.13. The molecule has 31 heavy (non-hydrogen) atoms. The van der Waals surface area contributed by atoms with Gasteiger partial charge in [-0.2, -0.15) is 0 Å². The summed E-state index contributed by atoms with van der Waals surface area (Å²) in [5, 5.41) is 2.99. The van der Waals surface area contributed by atoms with Gasteiger partial charge in [0.05, 0.1) is 11.8 Å². The van der Waals surface area contributed by atoms with Crippen molar-refractivity contribution >= 4 is 22.4 Å². The van der Waals surface area contributed by atoms with Crippen molar-refractivity contribution in [2.24, 2.45) is 0 Å². The zero-order chi connectivity index (χ0) is 21.2. The number of rotatable bonds is 4. The van der Waals surface area contributed by atoms with Crippen molar-refractivity contribution < 1.29 is 9.21 Å². The lowest BCUT2D eigenvalue weighted by molar-refractivity contribution is 0.0747. The van der Waals surface area contributed by atoms with Crippen molar-refractivity contribution in [2.45, 2.75) is 6.92 Å². The van der Waals surface area contributed by atoms with Gasteiger partial charge in [-0.15, -0.1) is 11.3 Å². The largest absolute Gasteiger partial charge is 0.436 e. The van der Waals surface area contributed by atoms with Crippen LogP contribution in [0.2, 0.25) is 0 Å². The molecule has 7 heteroatoms. The minimum absolute atomic E-state index is 0.00414. The van der Waals surface area contributed by atoms with Gasteiger partial charge in [0.15, 0.2) is 10.9 Å². The standard InChI is InChI=1S/C24H22N4O2S/c1-17-6-8-18(9-7-17)21-16-26-22(30-21)19-4-2-3-5-20(19)23(29)27-11-13-28(14-12-27)24-25-10-15-31-24/h2-10,15-16H,11-14H2,1H3. The maximum atomic E-state index is 13.3. The summed E-state index contributed by atoms with van der Waals surface area (Å²) in [6, 6.07) is 15.6. The Bertz CT molecular complexity index is 1180. The molecule has 1 saturated heterocycles. The van der Waals surface area contributed by atoms with E-state index in [1.807, 2.05) is 71.9 Å². The molecular formula is C24H22N4O2S. The van der Waals surface area contributed by atoms with E-state index in [1.54, 1.807) is 17.5 Å². The van der Waals surface area contributed by atoms with E-state index in [9.17, 15) is 4.79 Å². The number of aromatic nitrogens is 2. The molecule has 0 bridgehead atoms. The van der Waals surface area contributed by atoms with Gasteiger partial charge < -0.3 is 14.2 Å². The fourth-order valence-electron chi connectivity index (χ4n) is 3.75. The van der Waals surface area contributed by atoms with E-state index < -0.39 is 0 Å². The molecule has 5 rings (SSSR count). The summed E-state index contributed by atoms with van der Waals surface area (Å²) in [5.41, 5.74) is 3.48. The lowest BCUT2D eigenvalue weighted by Crippen LogP contribution is -2.48. The molecule has 2 aromatic carbocycles. The second kappa shape index (κ2) is 8.35. The predicted octanol–water partition coefficient (Wildman–Crippen LogP) is 4.74. The molecule has 0 N–H and O–H groups in total. The van der Waals surface area contributed by atoms with Crippen LogP contribution in [0.5, 0.6) is 0 Å². The number of piperazine rings is 1. The molecule has 156 valence electrons. The molecule has 4 aromatic rings. The number of anilines is 1. The smallest absolute Gasteiger partial charge is 0.254 e. The molecule has 1 aliphatic heterocycles. The molecule has 1 amide bonds. The van der Waals surface area contributed by atoms with Crippen molar-refractivity contribution in [2.75, 3.05) is 31.1 Å². The van der Waals surface area contributed by atoms with Crippen LogP contribution in [0.3, 0.4) is 0 Å². The van der Waals surface area contributed by atoms with Crippen molar-refractivity contribution in [3.8, 4) is 22.8 Å². The van der Waals surface area contributed by atoms with Gasteiger partial charge >= 0.3 is 0 Å². The third-order valence-electron chi connectivity index (χ3n) is 5.49. The lowest BCUT2D eigenvalue weighted by Gasteiger charge is -2.34. The summed E-state index contributed by atoms with van der Waals surface area (Å²) in [5.74, 6) is 1.15. The van der Waals surface area contributed by atoms with Gasteiger partial charge in [0.25, 0.3) is 5.91 Å². The predicted molar refractivity (Wildman–Crippen MR) is 122 cm³/mol. The first-order valence-electron chi connectivity index (χ1n) is 10.2. The monoisotopic (exact) mass is 430 g/mol. The zero-order valence-corrected chi connectivity index (χ0v) is 18.0. The minimum Gasteiger partial charge on any atom is -0.436 e. The van der Waals surface area contributed by atoms with Gasteiger partial charge in [0, 0.05) is 48.9 Å². The highest BCUT2D eigenvalue weighted by atomic mass is 32.1. The van der Waals surface area contributed by atoms with Crippen LogP contribution >= 0.6 is 11.3 Å². The summed E-state index contributed by atoms with van der Waals surface area (Å²) in [4.78, 5) is 26.3. The first kappa shape index (κ1) is 19.5. The van der Waals surface area contributed by atoms with Crippen molar-refractivity contribution in [3.05, 3.63) is 77.4 Å². The first-order valence-corrected chi connectivity index (χ1v) is 11.1. The molecule has 2 aromatic heterocycles. The van der Waals surface area contributed by atoms with Gasteiger partial charge in [-0.1, -0.05) is 42.0 Å². The normalized spacial score (nSPS) is 14.1. The Labute approximate surface area is 184 Å². The van der Waals surface area contributed by atoms with E-state index in [2.05, 4.69) is 14.9 Å².